The molecule has 1 heterocycles. The van der Waals surface area contributed by atoms with E-state index in [2.05, 4.69) is 35.1 Å². The molecule has 96 valence electrons. The molecule has 2 N–H and O–H groups in total. The molecule has 0 fully saturated rings. The summed E-state index contributed by atoms with van der Waals surface area (Å²) in [4.78, 5) is 0. The van der Waals surface area contributed by atoms with Crippen molar-refractivity contribution < 1.29 is 5.11 Å². The van der Waals surface area contributed by atoms with E-state index in [1.165, 1.54) is 5.69 Å². The molecule has 18 heavy (non-hydrogen) atoms. The maximum Gasteiger partial charge on any atom is 0.0682 e. The standard InChI is InChI=1S/C15H20N2O/c1-2-8-17-9-4-7-15(17)11-16-14-6-3-5-13(10-14)12-18/h3-7,9-10,16,18H,2,8,11-12H2,1H3. The van der Waals surface area contributed by atoms with Gasteiger partial charge >= 0.3 is 0 Å². The lowest BCUT2D eigenvalue weighted by Gasteiger charge is -2.10. The molecule has 0 spiro atoms. The van der Waals surface area contributed by atoms with Gasteiger partial charge in [0.05, 0.1) is 13.2 Å². The van der Waals surface area contributed by atoms with Gasteiger partial charge in [0.25, 0.3) is 0 Å². The predicted octanol–water partition coefficient (Wildman–Crippen LogP) is 3.00. The largest absolute Gasteiger partial charge is 0.392 e. The SMILES string of the molecule is CCCn1cccc1CNc1cccc(CO)c1. The molecule has 0 aliphatic rings. The second kappa shape index (κ2) is 6.26. The summed E-state index contributed by atoms with van der Waals surface area (Å²) in [6, 6.07) is 12.1. The van der Waals surface area contributed by atoms with Gasteiger partial charge in [-0.05, 0) is 36.2 Å². The first-order chi connectivity index (χ1) is 8.83. The van der Waals surface area contributed by atoms with Crippen molar-refractivity contribution in [1.29, 1.82) is 0 Å². The maximum atomic E-state index is 9.10. The topological polar surface area (TPSA) is 37.2 Å². The van der Waals surface area contributed by atoms with E-state index in [-0.39, 0.29) is 6.61 Å². The van der Waals surface area contributed by atoms with Gasteiger partial charge in [0.1, 0.15) is 0 Å². The van der Waals surface area contributed by atoms with Crippen LogP contribution in [0.2, 0.25) is 0 Å². The van der Waals surface area contributed by atoms with Gasteiger partial charge in [0, 0.05) is 24.1 Å². The van der Waals surface area contributed by atoms with Gasteiger partial charge in [0.15, 0.2) is 0 Å². The number of hydrogen-bond acceptors (Lipinski definition) is 2. The van der Waals surface area contributed by atoms with Crippen LogP contribution in [-0.4, -0.2) is 9.67 Å². The van der Waals surface area contributed by atoms with E-state index in [0.29, 0.717) is 0 Å². The summed E-state index contributed by atoms with van der Waals surface area (Å²) in [5.74, 6) is 0. The molecule has 0 amide bonds. The molecule has 0 unspecified atom stereocenters. The molecular weight excluding hydrogens is 224 g/mol. The van der Waals surface area contributed by atoms with Crippen molar-refractivity contribution in [1.82, 2.24) is 4.57 Å². The Morgan fingerprint density at radius 2 is 2.11 bits per heavy atom. The third kappa shape index (κ3) is 3.14. The number of aromatic nitrogens is 1. The first-order valence-corrected chi connectivity index (χ1v) is 6.41. The molecule has 0 radical (unpaired) electrons. The quantitative estimate of drug-likeness (QED) is 0.819. The number of aliphatic hydroxyl groups excluding tert-OH is 1. The Bertz CT molecular complexity index is 491. The molecule has 3 nitrogen and oxygen atoms in total. The average Bonchev–Trinajstić information content (AvgIpc) is 2.85. The second-order valence-electron chi connectivity index (χ2n) is 4.40. The van der Waals surface area contributed by atoms with Crippen LogP contribution in [-0.2, 0) is 19.7 Å². The van der Waals surface area contributed by atoms with Crippen LogP contribution in [0.5, 0.6) is 0 Å². The molecule has 0 bridgehead atoms. The van der Waals surface area contributed by atoms with E-state index in [0.717, 1.165) is 30.8 Å². The highest BCUT2D eigenvalue weighted by molar-refractivity contribution is 5.45. The number of benzene rings is 1. The second-order valence-corrected chi connectivity index (χ2v) is 4.40. The van der Waals surface area contributed by atoms with Crippen molar-refractivity contribution in [2.24, 2.45) is 0 Å². The lowest BCUT2D eigenvalue weighted by atomic mass is 10.2. The zero-order valence-electron chi connectivity index (χ0n) is 10.8. The smallest absolute Gasteiger partial charge is 0.0682 e. The Morgan fingerprint density at radius 3 is 2.89 bits per heavy atom. The van der Waals surface area contributed by atoms with Crippen molar-refractivity contribution in [2.45, 2.75) is 33.0 Å². The summed E-state index contributed by atoms with van der Waals surface area (Å²) in [6.45, 7) is 4.13. The summed E-state index contributed by atoms with van der Waals surface area (Å²) < 4.78 is 2.27. The van der Waals surface area contributed by atoms with E-state index in [1.807, 2.05) is 24.3 Å². The molecule has 2 rings (SSSR count). The van der Waals surface area contributed by atoms with Gasteiger partial charge in [-0.2, -0.15) is 0 Å². The molecule has 1 aromatic carbocycles. The van der Waals surface area contributed by atoms with Gasteiger partial charge in [0.2, 0.25) is 0 Å². The summed E-state index contributed by atoms with van der Waals surface area (Å²) in [7, 11) is 0. The Morgan fingerprint density at radius 1 is 1.22 bits per heavy atom. The lowest BCUT2D eigenvalue weighted by molar-refractivity contribution is 0.282. The van der Waals surface area contributed by atoms with E-state index < -0.39 is 0 Å². The van der Waals surface area contributed by atoms with Gasteiger partial charge in [-0.3, -0.25) is 0 Å². The fourth-order valence-electron chi connectivity index (χ4n) is 2.04. The Kier molecular flexibility index (Phi) is 4.42. The Labute approximate surface area is 108 Å². The highest BCUT2D eigenvalue weighted by Crippen LogP contribution is 2.13. The first-order valence-electron chi connectivity index (χ1n) is 6.41. The minimum absolute atomic E-state index is 0.0851. The highest BCUT2D eigenvalue weighted by atomic mass is 16.3. The molecule has 3 heteroatoms. The summed E-state index contributed by atoms with van der Waals surface area (Å²) in [6.07, 6.45) is 3.26. The number of nitrogens with zero attached hydrogens (tertiary/aromatic N) is 1. The summed E-state index contributed by atoms with van der Waals surface area (Å²) >= 11 is 0. The zero-order valence-corrected chi connectivity index (χ0v) is 10.8. The highest BCUT2D eigenvalue weighted by Gasteiger charge is 2.00. The van der Waals surface area contributed by atoms with Gasteiger partial charge in [-0.25, -0.2) is 0 Å². The van der Waals surface area contributed by atoms with Crippen LogP contribution in [0.4, 0.5) is 5.69 Å². The molecule has 0 atom stereocenters. The number of hydrogen-bond donors (Lipinski definition) is 2. The van der Waals surface area contributed by atoms with Crippen LogP contribution in [0.1, 0.15) is 24.6 Å². The van der Waals surface area contributed by atoms with Gasteiger partial charge in [-0.15, -0.1) is 0 Å². The van der Waals surface area contributed by atoms with E-state index in [1.54, 1.807) is 0 Å². The number of rotatable bonds is 6. The van der Waals surface area contributed by atoms with Crippen molar-refractivity contribution in [3.8, 4) is 0 Å². The molecule has 2 aromatic rings. The Hall–Kier alpha value is -1.74. The zero-order chi connectivity index (χ0) is 12.8. The van der Waals surface area contributed by atoms with Crippen LogP contribution in [0.3, 0.4) is 0 Å². The van der Waals surface area contributed by atoms with E-state index >= 15 is 0 Å². The number of nitrogens with one attached hydrogen (secondary N) is 1. The van der Waals surface area contributed by atoms with Crippen LogP contribution in [0.25, 0.3) is 0 Å². The number of aryl methyl sites for hydroxylation is 1. The van der Waals surface area contributed by atoms with Crippen molar-refractivity contribution >= 4 is 5.69 Å². The summed E-state index contributed by atoms with van der Waals surface area (Å²) in [5, 5.41) is 12.5. The Balaban J connectivity index is 1.99. The minimum atomic E-state index is 0.0851. The normalized spacial score (nSPS) is 10.6. The average molecular weight is 244 g/mol. The van der Waals surface area contributed by atoms with Crippen molar-refractivity contribution in [3.63, 3.8) is 0 Å². The van der Waals surface area contributed by atoms with Crippen LogP contribution >= 0.6 is 0 Å². The third-order valence-corrected chi connectivity index (χ3v) is 2.97. The number of aliphatic hydroxyl groups is 1. The van der Waals surface area contributed by atoms with Crippen LogP contribution < -0.4 is 5.32 Å². The molecule has 0 aliphatic heterocycles. The molecule has 0 saturated carbocycles. The lowest BCUT2D eigenvalue weighted by Crippen LogP contribution is -2.07. The molecule has 0 saturated heterocycles. The van der Waals surface area contributed by atoms with Crippen molar-refractivity contribution in [2.75, 3.05) is 5.32 Å². The van der Waals surface area contributed by atoms with Gasteiger partial charge in [-0.1, -0.05) is 19.1 Å². The van der Waals surface area contributed by atoms with E-state index in [9.17, 15) is 0 Å². The first kappa shape index (κ1) is 12.7. The predicted molar refractivity (Wildman–Crippen MR) is 74.4 cm³/mol. The molecular formula is C15H20N2O. The minimum Gasteiger partial charge on any atom is -0.392 e. The monoisotopic (exact) mass is 244 g/mol. The van der Waals surface area contributed by atoms with Gasteiger partial charge < -0.3 is 15.0 Å². The van der Waals surface area contributed by atoms with Crippen molar-refractivity contribution in [3.05, 3.63) is 53.9 Å². The molecule has 1 aromatic heterocycles. The maximum absolute atomic E-state index is 9.10. The fraction of sp³-hybridized carbons (Fsp3) is 0.333. The number of anilines is 1. The fourth-order valence-corrected chi connectivity index (χ4v) is 2.04. The summed E-state index contributed by atoms with van der Waals surface area (Å²) in [5.41, 5.74) is 3.26. The van der Waals surface area contributed by atoms with Crippen LogP contribution in [0, 0.1) is 0 Å². The van der Waals surface area contributed by atoms with Crippen LogP contribution in [0.15, 0.2) is 42.6 Å². The third-order valence-electron chi connectivity index (χ3n) is 2.97. The molecule has 0 aliphatic carbocycles. The van der Waals surface area contributed by atoms with E-state index in [4.69, 9.17) is 5.11 Å².